The van der Waals surface area contributed by atoms with E-state index in [4.69, 9.17) is 11.6 Å². The minimum Gasteiger partial charge on any atom is -0.317 e. The second-order valence-electron chi connectivity index (χ2n) is 4.93. The van der Waals surface area contributed by atoms with Crippen molar-refractivity contribution in [1.29, 1.82) is 0 Å². The van der Waals surface area contributed by atoms with Crippen molar-refractivity contribution in [3.05, 3.63) is 35.1 Å². The van der Waals surface area contributed by atoms with E-state index in [1.165, 1.54) is 0 Å². The van der Waals surface area contributed by atoms with Crippen LogP contribution < -0.4 is 5.32 Å². The lowest BCUT2D eigenvalue weighted by Gasteiger charge is -2.26. The Morgan fingerprint density at radius 2 is 1.84 bits per heavy atom. The molecule has 0 radical (unpaired) electrons. The summed E-state index contributed by atoms with van der Waals surface area (Å²) >= 11 is 5.94. The summed E-state index contributed by atoms with van der Waals surface area (Å²) in [5, 5.41) is 12.7. The molecule has 3 rings (SSSR count). The molecular weight excluding hydrogens is 260 g/mol. The molecule has 1 N–H and O–H groups in total. The van der Waals surface area contributed by atoms with E-state index in [-0.39, 0.29) is 0 Å². The average molecular weight is 277 g/mol. The predicted octanol–water partition coefficient (Wildman–Crippen LogP) is 2.83. The highest BCUT2D eigenvalue weighted by Crippen LogP contribution is 2.27. The molecule has 2 heterocycles. The van der Waals surface area contributed by atoms with Crippen molar-refractivity contribution < 1.29 is 0 Å². The number of aryl methyl sites for hydroxylation is 1. The van der Waals surface area contributed by atoms with Crippen molar-refractivity contribution >= 4 is 11.6 Å². The molecule has 0 amide bonds. The van der Waals surface area contributed by atoms with Crippen LogP contribution >= 0.6 is 11.6 Å². The zero-order valence-corrected chi connectivity index (χ0v) is 11.7. The molecule has 100 valence electrons. The molecule has 1 fully saturated rings. The van der Waals surface area contributed by atoms with Crippen molar-refractivity contribution in [3.8, 4) is 11.4 Å². The Morgan fingerprint density at radius 3 is 2.53 bits per heavy atom. The van der Waals surface area contributed by atoms with Crippen molar-refractivity contribution in [1.82, 2.24) is 20.1 Å². The van der Waals surface area contributed by atoms with Gasteiger partial charge in [-0.1, -0.05) is 11.6 Å². The number of hydrogen-bond donors (Lipinski definition) is 1. The fraction of sp³-hybridized carbons (Fsp3) is 0.429. The summed E-state index contributed by atoms with van der Waals surface area (Å²) in [4.78, 5) is 0. The van der Waals surface area contributed by atoms with Crippen LogP contribution in [0.3, 0.4) is 0 Å². The van der Waals surface area contributed by atoms with Crippen LogP contribution in [-0.2, 0) is 0 Å². The fourth-order valence-corrected chi connectivity index (χ4v) is 2.79. The van der Waals surface area contributed by atoms with Gasteiger partial charge in [0.1, 0.15) is 5.82 Å². The van der Waals surface area contributed by atoms with Gasteiger partial charge < -0.3 is 9.88 Å². The quantitative estimate of drug-likeness (QED) is 0.917. The molecule has 1 aromatic heterocycles. The van der Waals surface area contributed by atoms with Gasteiger partial charge in [0, 0.05) is 16.6 Å². The number of benzene rings is 1. The van der Waals surface area contributed by atoms with Gasteiger partial charge in [0.25, 0.3) is 0 Å². The normalized spacial score (nSPS) is 16.7. The van der Waals surface area contributed by atoms with E-state index in [9.17, 15) is 0 Å². The first-order valence-corrected chi connectivity index (χ1v) is 7.01. The van der Waals surface area contributed by atoms with Crippen molar-refractivity contribution in [3.63, 3.8) is 0 Å². The Balaban J connectivity index is 1.99. The first-order chi connectivity index (χ1) is 9.25. The van der Waals surface area contributed by atoms with Gasteiger partial charge in [-0.3, -0.25) is 0 Å². The molecule has 0 saturated carbocycles. The van der Waals surface area contributed by atoms with Crippen LogP contribution in [0, 0.1) is 6.92 Å². The Morgan fingerprint density at radius 1 is 1.16 bits per heavy atom. The molecule has 0 unspecified atom stereocenters. The predicted molar refractivity (Wildman–Crippen MR) is 76.3 cm³/mol. The van der Waals surface area contributed by atoms with E-state index in [2.05, 4.69) is 20.1 Å². The SMILES string of the molecule is Cc1nnc(-c2ccc(Cl)cc2)n1C1CCNCC1. The van der Waals surface area contributed by atoms with Crippen LogP contribution in [0.2, 0.25) is 5.02 Å². The lowest BCUT2D eigenvalue weighted by Crippen LogP contribution is -2.30. The number of nitrogens with one attached hydrogen (secondary N) is 1. The van der Waals surface area contributed by atoms with Crippen LogP contribution in [0.4, 0.5) is 0 Å². The summed E-state index contributed by atoms with van der Waals surface area (Å²) < 4.78 is 2.27. The molecule has 0 spiro atoms. The third-order valence-electron chi connectivity index (χ3n) is 3.64. The van der Waals surface area contributed by atoms with E-state index < -0.39 is 0 Å². The largest absolute Gasteiger partial charge is 0.317 e. The molecule has 0 atom stereocenters. The molecule has 2 aromatic rings. The van der Waals surface area contributed by atoms with Crippen LogP contribution in [0.1, 0.15) is 24.7 Å². The van der Waals surface area contributed by atoms with E-state index in [1.54, 1.807) is 0 Å². The van der Waals surface area contributed by atoms with Gasteiger partial charge >= 0.3 is 0 Å². The highest BCUT2D eigenvalue weighted by molar-refractivity contribution is 6.30. The van der Waals surface area contributed by atoms with Gasteiger partial charge in [-0.15, -0.1) is 10.2 Å². The number of rotatable bonds is 2. The molecule has 1 aromatic carbocycles. The zero-order chi connectivity index (χ0) is 13.2. The zero-order valence-electron chi connectivity index (χ0n) is 10.9. The van der Waals surface area contributed by atoms with Gasteiger partial charge in [0.2, 0.25) is 0 Å². The smallest absolute Gasteiger partial charge is 0.164 e. The van der Waals surface area contributed by atoms with E-state index in [0.717, 1.165) is 48.2 Å². The lowest BCUT2D eigenvalue weighted by atomic mass is 10.1. The van der Waals surface area contributed by atoms with Crippen LogP contribution in [-0.4, -0.2) is 27.9 Å². The second kappa shape index (κ2) is 5.31. The van der Waals surface area contributed by atoms with Crippen molar-refractivity contribution in [2.24, 2.45) is 0 Å². The molecule has 19 heavy (non-hydrogen) atoms. The summed E-state index contributed by atoms with van der Waals surface area (Å²) in [5.41, 5.74) is 1.07. The van der Waals surface area contributed by atoms with Gasteiger partial charge in [-0.2, -0.15) is 0 Å². The van der Waals surface area contributed by atoms with Crippen molar-refractivity contribution in [2.45, 2.75) is 25.8 Å². The van der Waals surface area contributed by atoms with Gasteiger partial charge in [0.15, 0.2) is 5.82 Å². The topological polar surface area (TPSA) is 42.7 Å². The first-order valence-electron chi connectivity index (χ1n) is 6.64. The number of piperidine rings is 1. The highest BCUT2D eigenvalue weighted by atomic mass is 35.5. The third-order valence-corrected chi connectivity index (χ3v) is 3.89. The number of halogens is 1. The number of hydrogen-bond acceptors (Lipinski definition) is 3. The molecule has 1 aliphatic rings. The molecule has 1 saturated heterocycles. The summed E-state index contributed by atoms with van der Waals surface area (Å²) in [6, 6.07) is 8.29. The van der Waals surface area contributed by atoms with Crippen LogP contribution in [0.5, 0.6) is 0 Å². The maximum Gasteiger partial charge on any atom is 0.164 e. The molecule has 1 aliphatic heterocycles. The Kier molecular flexibility index (Phi) is 3.53. The molecule has 0 bridgehead atoms. The average Bonchev–Trinajstić information content (AvgIpc) is 2.82. The standard InChI is InChI=1S/C14H17ClN4/c1-10-17-18-14(11-2-4-12(15)5-3-11)19(10)13-6-8-16-9-7-13/h2-5,13,16H,6-9H2,1H3. The monoisotopic (exact) mass is 276 g/mol. The fourth-order valence-electron chi connectivity index (χ4n) is 2.67. The van der Waals surface area contributed by atoms with E-state index in [1.807, 2.05) is 31.2 Å². The molecule has 0 aliphatic carbocycles. The summed E-state index contributed by atoms with van der Waals surface area (Å²) in [5.74, 6) is 1.93. The minimum absolute atomic E-state index is 0.488. The van der Waals surface area contributed by atoms with Gasteiger partial charge in [-0.25, -0.2) is 0 Å². The molecule has 5 heteroatoms. The Labute approximate surface area is 117 Å². The van der Waals surface area contributed by atoms with E-state index in [0.29, 0.717) is 6.04 Å². The van der Waals surface area contributed by atoms with Crippen LogP contribution in [0.25, 0.3) is 11.4 Å². The van der Waals surface area contributed by atoms with E-state index >= 15 is 0 Å². The Hall–Kier alpha value is -1.39. The molecule has 4 nitrogen and oxygen atoms in total. The van der Waals surface area contributed by atoms with Gasteiger partial charge in [0.05, 0.1) is 0 Å². The van der Waals surface area contributed by atoms with Gasteiger partial charge in [-0.05, 0) is 57.1 Å². The second-order valence-corrected chi connectivity index (χ2v) is 5.37. The van der Waals surface area contributed by atoms with Crippen molar-refractivity contribution in [2.75, 3.05) is 13.1 Å². The first kappa shape index (κ1) is 12.6. The number of aromatic nitrogens is 3. The van der Waals surface area contributed by atoms with Crippen LogP contribution in [0.15, 0.2) is 24.3 Å². The summed E-state index contributed by atoms with van der Waals surface area (Å²) in [6.07, 6.45) is 2.25. The maximum absolute atomic E-state index is 5.94. The minimum atomic E-state index is 0.488. The highest BCUT2D eigenvalue weighted by Gasteiger charge is 2.21. The third kappa shape index (κ3) is 2.51. The summed E-state index contributed by atoms with van der Waals surface area (Å²) in [7, 11) is 0. The number of nitrogens with zero attached hydrogens (tertiary/aromatic N) is 3. The Bertz CT molecular complexity index is 555. The lowest BCUT2D eigenvalue weighted by molar-refractivity contribution is 0.365. The molecular formula is C14H17ClN4. The summed E-state index contributed by atoms with van der Waals surface area (Å²) in [6.45, 7) is 4.14. The maximum atomic E-state index is 5.94.